The molecule has 20 heavy (non-hydrogen) atoms. The van der Waals surface area contributed by atoms with Crippen LogP contribution in [0.15, 0.2) is 24.3 Å². The van der Waals surface area contributed by atoms with E-state index in [4.69, 9.17) is 0 Å². The molecule has 2 nitrogen and oxygen atoms in total. The fourth-order valence-electron chi connectivity index (χ4n) is 1.68. The van der Waals surface area contributed by atoms with Crippen LogP contribution in [0.2, 0.25) is 0 Å². The number of nitrogens with one attached hydrogen (secondary N) is 1. The van der Waals surface area contributed by atoms with E-state index in [0.717, 1.165) is 23.6 Å². The van der Waals surface area contributed by atoms with Gasteiger partial charge in [0.2, 0.25) is 0 Å². The van der Waals surface area contributed by atoms with Crippen LogP contribution in [0.3, 0.4) is 0 Å². The van der Waals surface area contributed by atoms with E-state index in [2.05, 4.69) is 12.2 Å². The van der Waals surface area contributed by atoms with Crippen LogP contribution in [-0.4, -0.2) is 29.2 Å². The largest absolute Gasteiger partial charge is 0.416 e. The van der Waals surface area contributed by atoms with Crippen LogP contribution in [0, 0.1) is 0 Å². The standard InChI is InChI=1S/C14H20F3NOS/c1-3-20-9-10(2)18-8-13(19)11-4-6-12(7-5-11)14(15,16)17/h4-7,10,13,18-19H,3,8-9H2,1-2H3. The summed E-state index contributed by atoms with van der Waals surface area (Å²) in [5, 5.41) is 13.1. The average molecular weight is 307 g/mol. The first-order valence-electron chi connectivity index (χ1n) is 6.51. The van der Waals surface area contributed by atoms with Gasteiger partial charge in [-0.25, -0.2) is 0 Å². The van der Waals surface area contributed by atoms with E-state index in [1.807, 2.05) is 6.92 Å². The lowest BCUT2D eigenvalue weighted by atomic mass is 10.1. The lowest BCUT2D eigenvalue weighted by Gasteiger charge is -2.17. The smallest absolute Gasteiger partial charge is 0.387 e. The van der Waals surface area contributed by atoms with Gasteiger partial charge in [0.1, 0.15) is 0 Å². The summed E-state index contributed by atoms with van der Waals surface area (Å²) >= 11 is 1.80. The quantitative estimate of drug-likeness (QED) is 0.809. The number of alkyl halides is 3. The molecular formula is C14H20F3NOS. The van der Waals surface area contributed by atoms with Crippen molar-refractivity contribution in [1.82, 2.24) is 5.32 Å². The molecule has 1 rings (SSSR count). The minimum atomic E-state index is -4.34. The molecule has 2 N–H and O–H groups in total. The van der Waals surface area contributed by atoms with Crippen molar-refractivity contribution in [3.63, 3.8) is 0 Å². The zero-order valence-electron chi connectivity index (χ0n) is 11.6. The molecule has 1 aromatic carbocycles. The zero-order chi connectivity index (χ0) is 15.2. The Morgan fingerprint density at radius 3 is 2.35 bits per heavy atom. The SMILES string of the molecule is CCSCC(C)NCC(O)c1ccc(C(F)(F)F)cc1. The first kappa shape index (κ1) is 17.3. The van der Waals surface area contributed by atoms with Crippen molar-refractivity contribution >= 4 is 11.8 Å². The van der Waals surface area contributed by atoms with Gasteiger partial charge in [0, 0.05) is 18.3 Å². The monoisotopic (exact) mass is 307 g/mol. The van der Waals surface area contributed by atoms with Gasteiger partial charge >= 0.3 is 6.18 Å². The van der Waals surface area contributed by atoms with Gasteiger partial charge in [0.05, 0.1) is 11.7 Å². The second-order valence-corrected chi connectivity index (χ2v) is 5.92. The van der Waals surface area contributed by atoms with Gasteiger partial charge < -0.3 is 10.4 Å². The Labute approximate surface area is 121 Å². The van der Waals surface area contributed by atoms with Gasteiger partial charge in [-0.2, -0.15) is 24.9 Å². The molecule has 0 aliphatic rings. The van der Waals surface area contributed by atoms with E-state index in [-0.39, 0.29) is 6.04 Å². The molecule has 0 saturated carbocycles. The molecule has 0 radical (unpaired) electrons. The van der Waals surface area contributed by atoms with Crippen LogP contribution < -0.4 is 5.32 Å². The lowest BCUT2D eigenvalue weighted by molar-refractivity contribution is -0.137. The molecule has 114 valence electrons. The van der Waals surface area contributed by atoms with Crippen LogP contribution in [-0.2, 0) is 6.18 Å². The summed E-state index contributed by atoms with van der Waals surface area (Å²) in [6.07, 6.45) is -5.14. The Bertz CT molecular complexity index is 394. The van der Waals surface area contributed by atoms with Gasteiger partial charge in [0.15, 0.2) is 0 Å². The minimum Gasteiger partial charge on any atom is -0.387 e. The molecule has 0 aliphatic heterocycles. The van der Waals surface area contributed by atoms with Gasteiger partial charge in [-0.3, -0.25) is 0 Å². The summed E-state index contributed by atoms with van der Waals surface area (Å²) in [7, 11) is 0. The topological polar surface area (TPSA) is 32.3 Å². The fourth-order valence-corrected chi connectivity index (χ4v) is 2.39. The molecule has 0 amide bonds. The van der Waals surface area contributed by atoms with Crippen molar-refractivity contribution in [2.24, 2.45) is 0 Å². The number of benzene rings is 1. The molecule has 0 aromatic heterocycles. The van der Waals surface area contributed by atoms with E-state index in [1.54, 1.807) is 11.8 Å². The van der Waals surface area contributed by atoms with Crippen LogP contribution in [0.25, 0.3) is 0 Å². The molecule has 1 aromatic rings. The third-order valence-electron chi connectivity index (χ3n) is 2.85. The van der Waals surface area contributed by atoms with Gasteiger partial charge in [-0.05, 0) is 30.4 Å². The normalized spacial score (nSPS) is 15.1. The number of halogens is 3. The van der Waals surface area contributed by atoms with Crippen molar-refractivity contribution in [2.45, 2.75) is 32.2 Å². The lowest BCUT2D eigenvalue weighted by Crippen LogP contribution is -2.32. The third-order valence-corrected chi connectivity index (χ3v) is 4.00. The van der Waals surface area contributed by atoms with E-state index in [1.165, 1.54) is 12.1 Å². The molecule has 0 saturated heterocycles. The van der Waals surface area contributed by atoms with Crippen LogP contribution >= 0.6 is 11.8 Å². The second kappa shape index (κ2) is 7.90. The van der Waals surface area contributed by atoms with Crippen LogP contribution in [0.4, 0.5) is 13.2 Å². The highest BCUT2D eigenvalue weighted by Gasteiger charge is 2.30. The molecule has 0 bridgehead atoms. The molecule has 0 fully saturated rings. The van der Waals surface area contributed by atoms with Crippen molar-refractivity contribution in [1.29, 1.82) is 0 Å². The summed E-state index contributed by atoms with van der Waals surface area (Å²) in [6.45, 7) is 4.42. The zero-order valence-corrected chi connectivity index (χ0v) is 12.4. The summed E-state index contributed by atoms with van der Waals surface area (Å²) in [6, 6.07) is 4.88. The number of aliphatic hydroxyl groups excluding tert-OH is 1. The maximum atomic E-state index is 12.4. The van der Waals surface area contributed by atoms with Crippen LogP contribution in [0.5, 0.6) is 0 Å². The molecule has 0 spiro atoms. The summed E-state index contributed by atoms with van der Waals surface area (Å²) < 4.78 is 37.2. The predicted octanol–water partition coefficient (Wildman–Crippen LogP) is 3.47. The Hall–Kier alpha value is -0.720. The Kier molecular flexibility index (Phi) is 6.85. The molecule has 0 aliphatic carbocycles. The van der Waals surface area contributed by atoms with E-state index in [9.17, 15) is 18.3 Å². The van der Waals surface area contributed by atoms with Gasteiger partial charge in [-0.15, -0.1) is 0 Å². The Balaban J connectivity index is 2.49. The van der Waals surface area contributed by atoms with E-state index in [0.29, 0.717) is 12.1 Å². The highest BCUT2D eigenvalue weighted by Crippen LogP contribution is 2.29. The number of aliphatic hydroxyl groups is 1. The minimum absolute atomic E-state index is 0.254. The number of thioether (sulfide) groups is 1. The molecule has 6 heteroatoms. The van der Waals surface area contributed by atoms with Crippen molar-refractivity contribution in [3.8, 4) is 0 Å². The van der Waals surface area contributed by atoms with E-state index < -0.39 is 17.8 Å². The first-order valence-corrected chi connectivity index (χ1v) is 7.66. The van der Waals surface area contributed by atoms with Crippen molar-refractivity contribution in [2.75, 3.05) is 18.1 Å². The molecule has 2 atom stereocenters. The Morgan fingerprint density at radius 1 is 1.25 bits per heavy atom. The number of hydrogen-bond donors (Lipinski definition) is 2. The summed E-state index contributed by atoms with van der Waals surface area (Å²) in [5.74, 6) is 1.98. The molecule has 0 heterocycles. The Morgan fingerprint density at radius 2 is 1.85 bits per heavy atom. The second-order valence-electron chi connectivity index (χ2n) is 4.60. The van der Waals surface area contributed by atoms with Crippen molar-refractivity contribution in [3.05, 3.63) is 35.4 Å². The maximum Gasteiger partial charge on any atom is 0.416 e. The van der Waals surface area contributed by atoms with Crippen LogP contribution in [0.1, 0.15) is 31.1 Å². The maximum absolute atomic E-state index is 12.4. The van der Waals surface area contributed by atoms with Crippen molar-refractivity contribution < 1.29 is 18.3 Å². The first-order chi connectivity index (χ1) is 9.34. The third kappa shape index (κ3) is 5.73. The molecular weight excluding hydrogens is 287 g/mol. The fraction of sp³-hybridized carbons (Fsp3) is 0.571. The number of rotatable bonds is 7. The predicted molar refractivity (Wildman–Crippen MR) is 76.9 cm³/mol. The molecule has 2 unspecified atom stereocenters. The van der Waals surface area contributed by atoms with Gasteiger partial charge in [-0.1, -0.05) is 19.1 Å². The van der Waals surface area contributed by atoms with E-state index >= 15 is 0 Å². The van der Waals surface area contributed by atoms with Gasteiger partial charge in [0.25, 0.3) is 0 Å². The summed E-state index contributed by atoms with van der Waals surface area (Å²) in [4.78, 5) is 0. The average Bonchev–Trinajstić information content (AvgIpc) is 2.41. The highest BCUT2D eigenvalue weighted by atomic mass is 32.2. The number of hydrogen-bond acceptors (Lipinski definition) is 3. The summed E-state index contributed by atoms with van der Waals surface area (Å²) in [5.41, 5.74) is -0.213. The highest BCUT2D eigenvalue weighted by molar-refractivity contribution is 7.99.